The first-order valence-corrected chi connectivity index (χ1v) is 5.27. The van der Waals surface area contributed by atoms with Gasteiger partial charge in [-0.1, -0.05) is 6.07 Å². The van der Waals surface area contributed by atoms with Gasteiger partial charge in [-0.15, -0.1) is 0 Å². The van der Waals surface area contributed by atoms with Gasteiger partial charge in [0.25, 0.3) is 0 Å². The zero-order valence-corrected chi connectivity index (χ0v) is 9.25. The summed E-state index contributed by atoms with van der Waals surface area (Å²) in [7, 11) is 0. The summed E-state index contributed by atoms with van der Waals surface area (Å²) in [6.45, 7) is 6.29. The van der Waals surface area contributed by atoms with Gasteiger partial charge in [0.1, 0.15) is 18.5 Å². The maximum absolute atomic E-state index is 5.69. The van der Waals surface area contributed by atoms with Crippen LogP contribution in [0.25, 0.3) is 0 Å². The largest absolute Gasteiger partial charge is 0.491 e. The summed E-state index contributed by atoms with van der Waals surface area (Å²) in [5, 5.41) is 3.13. The number of aryl methyl sites for hydroxylation is 2. The van der Waals surface area contributed by atoms with E-state index in [0.717, 1.165) is 12.3 Å². The molecule has 1 aliphatic rings. The fraction of sp³-hybridized carbons (Fsp3) is 0.500. The number of hydrogen-bond donors (Lipinski definition) is 1. The summed E-state index contributed by atoms with van der Waals surface area (Å²) in [5.74, 6) is 0.933. The van der Waals surface area contributed by atoms with Crippen LogP contribution in [0.2, 0.25) is 0 Å². The number of hydrogen-bond acceptors (Lipinski definition) is 3. The van der Waals surface area contributed by atoms with Crippen molar-refractivity contribution in [2.45, 2.75) is 20.0 Å². The van der Waals surface area contributed by atoms with Crippen LogP contribution < -0.4 is 10.1 Å². The molecule has 0 aromatic heterocycles. The molecule has 1 aliphatic heterocycles. The van der Waals surface area contributed by atoms with Gasteiger partial charge in [0.2, 0.25) is 0 Å². The van der Waals surface area contributed by atoms with Crippen molar-refractivity contribution in [3.8, 4) is 5.75 Å². The van der Waals surface area contributed by atoms with Crippen LogP contribution in [0, 0.1) is 13.8 Å². The molecule has 1 atom stereocenters. The van der Waals surface area contributed by atoms with Crippen LogP contribution in [0.1, 0.15) is 11.1 Å². The molecule has 0 radical (unpaired) electrons. The lowest BCUT2D eigenvalue weighted by Gasteiger charge is -2.11. The fourth-order valence-corrected chi connectivity index (χ4v) is 1.77. The van der Waals surface area contributed by atoms with E-state index in [1.54, 1.807) is 0 Å². The van der Waals surface area contributed by atoms with Crippen molar-refractivity contribution in [1.29, 1.82) is 0 Å². The van der Waals surface area contributed by atoms with Gasteiger partial charge < -0.3 is 9.47 Å². The third-order valence-electron chi connectivity index (χ3n) is 2.42. The molecule has 82 valence electrons. The highest BCUT2D eigenvalue weighted by Gasteiger charge is 2.15. The predicted molar refractivity (Wildman–Crippen MR) is 59.2 cm³/mol. The lowest BCUT2D eigenvalue weighted by atomic mass is 10.1. The van der Waals surface area contributed by atoms with Crippen LogP contribution >= 0.6 is 0 Å². The molecule has 0 bridgehead atoms. The van der Waals surface area contributed by atoms with Gasteiger partial charge in [0.05, 0.1) is 6.73 Å². The van der Waals surface area contributed by atoms with E-state index in [2.05, 4.69) is 37.4 Å². The van der Waals surface area contributed by atoms with Crippen molar-refractivity contribution in [3.05, 3.63) is 29.3 Å². The number of nitrogens with one attached hydrogen (secondary N) is 1. The zero-order valence-electron chi connectivity index (χ0n) is 9.25. The minimum Gasteiger partial charge on any atom is -0.491 e. The Hall–Kier alpha value is -1.06. The van der Waals surface area contributed by atoms with Gasteiger partial charge in [-0.3, -0.25) is 5.32 Å². The molecule has 0 spiro atoms. The minimum absolute atomic E-state index is 0.186. The van der Waals surface area contributed by atoms with Crippen molar-refractivity contribution in [2.24, 2.45) is 0 Å². The second-order valence-corrected chi connectivity index (χ2v) is 4.02. The van der Waals surface area contributed by atoms with Crippen molar-refractivity contribution in [3.63, 3.8) is 0 Å². The molecule has 1 heterocycles. The summed E-state index contributed by atoms with van der Waals surface area (Å²) >= 11 is 0. The maximum Gasteiger partial charge on any atom is 0.119 e. The molecule has 1 saturated heterocycles. The molecule has 1 aromatic carbocycles. The third-order valence-corrected chi connectivity index (χ3v) is 2.42. The zero-order chi connectivity index (χ0) is 10.7. The van der Waals surface area contributed by atoms with E-state index >= 15 is 0 Å². The lowest BCUT2D eigenvalue weighted by molar-refractivity contribution is 0.0716. The monoisotopic (exact) mass is 207 g/mol. The molecule has 0 unspecified atom stereocenters. The van der Waals surface area contributed by atoms with Gasteiger partial charge in [0.15, 0.2) is 0 Å². The van der Waals surface area contributed by atoms with Gasteiger partial charge in [-0.2, -0.15) is 0 Å². The van der Waals surface area contributed by atoms with Crippen LogP contribution in [0.4, 0.5) is 0 Å². The Morgan fingerprint density at radius 2 is 2.07 bits per heavy atom. The molecule has 1 fully saturated rings. The summed E-state index contributed by atoms with van der Waals surface area (Å²) in [6.07, 6.45) is 0.186. The summed E-state index contributed by atoms with van der Waals surface area (Å²) in [5.41, 5.74) is 2.46. The first kappa shape index (κ1) is 10.5. The van der Waals surface area contributed by atoms with E-state index in [0.29, 0.717) is 13.3 Å². The minimum atomic E-state index is 0.186. The molecule has 0 amide bonds. The highest BCUT2D eigenvalue weighted by molar-refractivity contribution is 5.32. The highest BCUT2D eigenvalue weighted by atomic mass is 16.5. The molecule has 1 aromatic rings. The molecule has 0 aliphatic carbocycles. The van der Waals surface area contributed by atoms with E-state index < -0.39 is 0 Å². The summed E-state index contributed by atoms with van der Waals surface area (Å²) < 4.78 is 11.1. The number of rotatable bonds is 3. The van der Waals surface area contributed by atoms with Crippen LogP contribution in [-0.2, 0) is 4.74 Å². The van der Waals surface area contributed by atoms with Crippen LogP contribution in [0.15, 0.2) is 18.2 Å². The van der Waals surface area contributed by atoms with Crippen LogP contribution in [-0.4, -0.2) is 26.0 Å². The summed E-state index contributed by atoms with van der Waals surface area (Å²) in [6, 6.07) is 6.24. The van der Waals surface area contributed by atoms with Gasteiger partial charge in [-0.05, 0) is 37.1 Å². The van der Waals surface area contributed by atoms with E-state index in [1.807, 2.05) is 0 Å². The average molecular weight is 207 g/mol. The van der Waals surface area contributed by atoms with Crippen LogP contribution in [0.5, 0.6) is 5.75 Å². The van der Waals surface area contributed by atoms with E-state index in [4.69, 9.17) is 9.47 Å². The van der Waals surface area contributed by atoms with Gasteiger partial charge >= 0.3 is 0 Å². The Morgan fingerprint density at radius 1 is 1.33 bits per heavy atom. The SMILES string of the molecule is Cc1cc(C)cc(OC[C@@H]2CNCO2)c1. The standard InChI is InChI=1S/C12H17NO2/c1-9-3-10(2)5-11(4-9)14-7-12-6-13-8-15-12/h3-5,12-13H,6-8H2,1-2H3/t12-/m0/s1. The third kappa shape index (κ3) is 2.94. The second-order valence-electron chi connectivity index (χ2n) is 4.02. The molecule has 1 N–H and O–H groups in total. The maximum atomic E-state index is 5.69. The summed E-state index contributed by atoms with van der Waals surface area (Å²) in [4.78, 5) is 0. The first-order chi connectivity index (χ1) is 7.24. The van der Waals surface area contributed by atoms with Crippen molar-refractivity contribution in [1.82, 2.24) is 5.32 Å². The lowest BCUT2D eigenvalue weighted by Crippen LogP contribution is -2.21. The highest BCUT2D eigenvalue weighted by Crippen LogP contribution is 2.16. The molecular formula is C12H17NO2. The second kappa shape index (κ2) is 4.64. The van der Waals surface area contributed by atoms with E-state index in [-0.39, 0.29) is 6.10 Å². The van der Waals surface area contributed by atoms with Gasteiger partial charge in [-0.25, -0.2) is 0 Å². The molecule has 3 nitrogen and oxygen atoms in total. The first-order valence-electron chi connectivity index (χ1n) is 5.27. The van der Waals surface area contributed by atoms with Crippen molar-refractivity contribution < 1.29 is 9.47 Å². The van der Waals surface area contributed by atoms with E-state index in [9.17, 15) is 0 Å². The van der Waals surface area contributed by atoms with Crippen LogP contribution in [0.3, 0.4) is 0 Å². The Kier molecular flexibility index (Phi) is 3.23. The quantitative estimate of drug-likeness (QED) is 0.817. The predicted octanol–water partition coefficient (Wildman–Crippen LogP) is 1.63. The topological polar surface area (TPSA) is 30.5 Å². The van der Waals surface area contributed by atoms with E-state index in [1.165, 1.54) is 11.1 Å². The van der Waals surface area contributed by atoms with Crippen molar-refractivity contribution >= 4 is 0 Å². The smallest absolute Gasteiger partial charge is 0.119 e. The Balaban J connectivity index is 1.92. The Labute approximate surface area is 90.4 Å². The Bertz CT molecular complexity index is 312. The van der Waals surface area contributed by atoms with Gasteiger partial charge in [0, 0.05) is 6.54 Å². The molecule has 15 heavy (non-hydrogen) atoms. The number of benzene rings is 1. The normalized spacial score (nSPS) is 20.5. The molecule has 0 saturated carbocycles. The Morgan fingerprint density at radius 3 is 2.67 bits per heavy atom. The molecule has 2 rings (SSSR count). The average Bonchev–Trinajstić information content (AvgIpc) is 2.65. The number of ether oxygens (including phenoxy) is 2. The molecular weight excluding hydrogens is 190 g/mol. The molecule has 3 heteroatoms. The van der Waals surface area contributed by atoms with Crippen molar-refractivity contribution in [2.75, 3.05) is 19.9 Å². The fourth-order valence-electron chi connectivity index (χ4n) is 1.77.